The van der Waals surface area contributed by atoms with E-state index < -0.39 is 36.6 Å². The number of fused-ring (bicyclic) bond motifs is 1. The van der Waals surface area contributed by atoms with Gasteiger partial charge in [0, 0.05) is 19.2 Å². The first-order chi connectivity index (χ1) is 11.7. The number of nitrogens with zero attached hydrogens (tertiary/aromatic N) is 2. The predicted octanol–water partition coefficient (Wildman–Crippen LogP) is 0.487. The van der Waals surface area contributed by atoms with Crippen LogP contribution < -0.4 is 11.1 Å². The highest BCUT2D eigenvalue weighted by atomic mass is 32.2. The molecule has 1 aromatic heterocycles. The van der Waals surface area contributed by atoms with Crippen molar-refractivity contribution in [2.45, 2.75) is 4.90 Å². The average molecular weight is 366 g/mol. The Balaban J connectivity index is 2.84. The summed E-state index contributed by atoms with van der Waals surface area (Å²) in [6, 6.07) is 1.83. The van der Waals surface area contributed by atoms with Gasteiger partial charge in [-0.3, -0.25) is 19.7 Å². The molecule has 0 saturated heterocycles. The van der Waals surface area contributed by atoms with Gasteiger partial charge in [0.1, 0.15) is 0 Å². The highest BCUT2D eigenvalue weighted by Crippen LogP contribution is 2.29. The molecule has 2 N–H and O–H groups in total. The number of aromatic amines is 2. The Labute approximate surface area is 141 Å². The smallest absolute Gasteiger partial charge is 0.314 e. The molecule has 0 spiro atoms. The normalized spacial score (nSPS) is 11.6. The topological polar surface area (TPSA) is 146 Å². The van der Waals surface area contributed by atoms with E-state index in [-0.39, 0.29) is 24.1 Å². The number of benzene rings is 1. The van der Waals surface area contributed by atoms with E-state index in [0.717, 1.165) is 16.4 Å². The highest BCUT2D eigenvalue weighted by molar-refractivity contribution is 7.89. The lowest BCUT2D eigenvalue weighted by Crippen LogP contribution is -2.32. The maximum absolute atomic E-state index is 12.8. The Kier molecular flexibility index (Phi) is 4.99. The minimum Gasteiger partial charge on any atom is -0.316 e. The van der Waals surface area contributed by atoms with Crippen molar-refractivity contribution >= 4 is 26.7 Å². The van der Waals surface area contributed by atoms with Crippen molar-refractivity contribution in [1.29, 1.82) is 0 Å². The van der Waals surface area contributed by atoms with E-state index in [9.17, 15) is 28.1 Å². The number of aromatic nitrogens is 2. The molecule has 0 amide bonds. The van der Waals surface area contributed by atoms with Crippen LogP contribution in [0.25, 0.3) is 11.0 Å². The molecule has 0 bridgehead atoms. The van der Waals surface area contributed by atoms with E-state index in [0.29, 0.717) is 0 Å². The third-order valence-corrected chi connectivity index (χ3v) is 5.14. The molecular formula is C14H14N4O6S. The molecule has 25 heavy (non-hydrogen) atoms. The summed E-state index contributed by atoms with van der Waals surface area (Å²) in [4.78, 5) is 37.0. The Bertz CT molecular complexity index is 1070. The zero-order chi connectivity index (χ0) is 18.8. The van der Waals surface area contributed by atoms with Gasteiger partial charge in [0.2, 0.25) is 0 Å². The molecule has 0 saturated carbocycles. The first-order valence-corrected chi connectivity index (χ1v) is 8.33. The minimum absolute atomic E-state index is 0.0501. The molecule has 11 heteroatoms. The van der Waals surface area contributed by atoms with Crippen LogP contribution in [0.5, 0.6) is 0 Å². The summed E-state index contributed by atoms with van der Waals surface area (Å²) in [5.41, 5.74) is -2.84. The molecular weight excluding hydrogens is 352 g/mol. The van der Waals surface area contributed by atoms with Crippen molar-refractivity contribution in [1.82, 2.24) is 14.3 Å². The zero-order valence-electron chi connectivity index (χ0n) is 12.9. The second-order valence-electron chi connectivity index (χ2n) is 4.93. The molecule has 132 valence electrons. The van der Waals surface area contributed by atoms with Gasteiger partial charge in [-0.15, -0.1) is 13.2 Å². The lowest BCUT2D eigenvalue weighted by molar-refractivity contribution is -0.387. The van der Waals surface area contributed by atoms with Gasteiger partial charge in [0.05, 0.1) is 16.0 Å². The van der Waals surface area contributed by atoms with Gasteiger partial charge < -0.3 is 9.97 Å². The van der Waals surface area contributed by atoms with Crippen LogP contribution in [0, 0.1) is 10.1 Å². The molecule has 0 fully saturated rings. The van der Waals surface area contributed by atoms with Crippen molar-refractivity contribution in [3.63, 3.8) is 0 Å². The van der Waals surface area contributed by atoms with E-state index >= 15 is 0 Å². The second-order valence-corrected chi connectivity index (χ2v) is 6.84. The summed E-state index contributed by atoms with van der Waals surface area (Å²) >= 11 is 0. The minimum atomic E-state index is -4.28. The fourth-order valence-electron chi connectivity index (χ4n) is 2.18. The summed E-state index contributed by atoms with van der Waals surface area (Å²) < 4.78 is 26.5. The number of nitrogens with one attached hydrogen (secondary N) is 2. The standard InChI is InChI=1S/C14H14N4O6S/c1-3-5-17(6-4-2)25(23,24)12-8-10-9(7-11(12)18(21)22)15-13(19)14(20)16-10/h3-4,7-8H,1-2,5-6H2,(H,15,19)(H,16,20). The van der Waals surface area contributed by atoms with Gasteiger partial charge in [-0.2, -0.15) is 4.31 Å². The van der Waals surface area contributed by atoms with Crippen LogP contribution in [0.1, 0.15) is 0 Å². The molecule has 0 aliphatic heterocycles. The van der Waals surface area contributed by atoms with Crippen LogP contribution in [0.15, 0.2) is 51.9 Å². The number of nitro groups is 1. The Morgan fingerprint density at radius 1 is 1.08 bits per heavy atom. The monoisotopic (exact) mass is 366 g/mol. The van der Waals surface area contributed by atoms with Gasteiger partial charge >= 0.3 is 11.1 Å². The van der Waals surface area contributed by atoms with Crippen LogP contribution >= 0.6 is 0 Å². The molecule has 10 nitrogen and oxygen atoms in total. The van der Waals surface area contributed by atoms with Gasteiger partial charge in [0.25, 0.3) is 15.7 Å². The number of H-pyrrole nitrogens is 2. The van der Waals surface area contributed by atoms with Crippen molar-refractivity contribution in [3.8, 4) is 0 Å². The second kappa shape index (κ2) is 6.83. The van der Waals surface area contributed by atoms with Crippen LogP contribution in [0.4, 0.5) is 5.69 Å². The van der Waals surface area contributed by atoms with Crippen molar-refractivity contribution in [3.05, 3.63) is 68.3 Å². The molecule has 0 atom stereocenters. The van der Waals surface area contributed by atoms with E-state index in [1.165, 1.54) is 12.2 Å². The Hall–Kier alpha value is -3.05. The summed E-state index contributed by atoms with van der Waals surface area (Å²) in [5, 5.41) is 11.3. The molecule has 0 unspecified atom stereocenters. The van der Waals surface area contributed by atoms with Crippen molar-refractivity contribution in [2.24, 2.45) is 0 Å². The van der Waals surface area contributed by atoms with Crippen LogP contribution in [0.2, 0.25) is 0 Å². The molecule has 1 aromatic carbocycles. The summed E-state index contributed by atoms with van der Waals surface area (Å²) in [6.07, 6.45) is 2.65. The largest absolute Gasteiger partial charge is 0.316 e. The summed E-state index contributed by atoms with van der Waals surface area (Å²) in [5.74, 6) is 0. The van der Waals surface area contributed by atoms with Gasteiger partial charge in [-0.05, 0) is 6.07 Å². The number of hydrogen-bond acceptors (Lipinski definition) is 6. The summed E-state index contributed by atoms with van der Waals surface area (Å²) in [7, 11) is -4.28. The fourth-order valence-corrected chi connectivity index (χ4v) is 3.73. The van der Waals surface area contributed by atoms with Gasteiger partial charge in [-0.1, -0.05) is 12.2 Å². The van der Waals surface area contributed by atoms with Crippen LogP contribution in [-0.2, 0) is 10.0 Å². The van der Waals surface area contributed by atoms with E-state index in [1.807, 2.05) is 0 Å². The maximum Gasteiger partial charge on any atom is 0.314 e. The fraction of sp³-hybridized carbons (Fsp3) is 0.143. The predicted molar refractivity (Wildman–Crippen MR) is 91.0 cm³/mol. The molecule has 1 heterocycles. The third-order valence-electron chi connectivity index (χ3n) is 3.28. The van der Waals surface area contributed by atoms with Crippen molar-refractivity contribution in [2.75, 3.05) is 13.1 Å². The van der Waals surface area contributed by atoms with Gasteiger partial charge in [-0.25, -0.2) is 8.42 Å². The maximum atomic E-state index is 12.8. The SMILES string of the molecule is C=CCN(CC=C)S(=O)(=O)c1cc2[nH]c(=O)c(=O)[nH]c2cc1[N+](=O)[O-]. The number of rotatable bonds is 7. The lowest BCUT2D eigenvalue weighted by atomic mass is 10.2. The Morgan fingerprint density at radius 3 is 2.00 bits per heavy atom. The van der Waals surface area contributed by atoms with Gasteiger partial charge in [0.15, 0.2) is 4.90 Å². The Morgan fingerprint density at radius 2 is 1.56 bits per heavy atom. The first kappa shape index (κ1) is 18.3. The molecule has 2 rings (SSSR count). The average Bonchev–Trinajstić information content (AvgIpc) is 2.54. The quantitative estimate of drug-likeness (QED) is 0.315. The number of sulfonamides is 1. The van der Waals surface area contributed by atoms with Crippen LogP contribution in [0.3, 0.4) is 0 Å². The third kappa shape index (κ3) is 3.41. The van der Waals surface area contributed by atoms with E-state index in [1.54, 1.807) is 0 Å². The highest BCUT2D eigenvalue weighted by Gasteiger charge is 2.31. The molecule has 2 aromatic rings. The molecule has 0 aliphatic rings. The number of nitro benzene ring substituents is 1. The molecule has 0 radical (unpaired) electrons. The van der Waals surface area contributed by atoms with Crippen molar-refractivity contribution < 1.29 is 13.3 Å². The molecule has 0 aliphatic carbocycles. The van der Waals surface area contributed by atoms with Crippen LogP contribution in [-0.4, -0.2) is 40.7 Å². The zero-order valence-corrected chi connectivity index (χ0v) is 13.7. The first-order valence-electron chi connectivity index (χ1n) is 6.89. The van der Waals surface area contributed by atoms with E-state index in [4.69, 9.17) is 0 Å². The summed E-state index contributed by atoms with van der Waals surface area (Å²) in [6.45, 7) is 6.73. The lowest BCUT2D eigenvalue weighted by Gasteiger charge is -2.19. The van der Waals surface area contributed by atoms with E-state index in [2.05, 4.69) is 23.1 Å². The number of hydrogen-bond donors (Lipinski definition) is 2.